The second kappa shape index (κ2) is 8.41. The molecule has 0 bridgehead atoms. The van der Waals surface area contributed by atoms with Gasteiger partial charge in [-0.15, -0.1) is 0 Å². The maximum atomic E-state index is 12.8. The number of amides is 1. The van der Waals surface area contributed by atoms with Gasteiger partial charge in [0.2, 0.25) is 0 Å². The van der Waals surface area contributed by atoms with E-state index in [1.807, 2.05) is 0 Å². The van der Waals surface area contributed by atoms with E-state index in [-0.39, 0.29) is 22.6 Å². The Balaban J connectivity index is 1.46. The van der Waals surface area contributed by atoms with Gasteiger partial charge in [0.1, 0.15) is 5.82 Å². The highest BCUT2D eigenvalue weighted by molar-refractivity contribution is 7.91. The molecule has 0 spiro atoms. The zero-order chi connectivity index (χ0) is 22.2. The highest BCUT2D eigenvalue weighted by atomic mass is 32.2. The van der Waals surface area contributed by atoms with Crippen molar-refractivity contribution in [2.75, 3.05) is 25.2 Å². The Morgan fingerprint density at radius 3 is 2.81 bits per heavy atom. The number of aromatic nitrogens is 2. The SMILES string of the molecule is CN(C(=O)COC(=O)c1ccc2c(=O)n3c(nc2c1)CCCCC3)[C@@H]1CCS(=O)(=O)C1. The standard InChI is InChI=1S/C21H25N3O6S/c1-23(15-8-10-31(28,29)13-15)19(25)12-30-21(27)14-6-7-16-17(11-14)22-18-5-3-2-4-9-24(18)20(16)26/h6-7,11,15H,2-5,8-10,12-13H2,1H3/t15-/m1/s1. The number of sulfone groups is 1. The number of ether oxygens (including phenoxy) is 1. The Morgan fingerprint density at radius 2 is 2.06 bits per heavy atom. The lowest BCUT2D eigenvalue weighted by molar-refractivity contribution is -0.134. The molecular formula is C21H25N3O6S. The molecule has 1 atom stereocenters. The molecular weight excluding hydrogens is 422 g/mol. The van der Waals surface area contributed by atoms with E-state index in [1.165, 1.54) is 24.1 Å². The smallest absolute Gasteiger partial charge is 0.338 e. The number of carbonyl (C=O) groups excluding carboxylic acids is 2. The lowest BCUT2D eigenvalue weighted by Gasteiger charge is -2.23. The molecule has 9 nitrogen and oxygen atoms in total. The van der Waals surface area contributed by atoms with Crippen LogP contribution in [0.25, 0.3) is 10.9 Å². The van der Waals surface area contributed by atoms with Crippen molar-refractivity contribution < 1.29 is 22.7 Å². The van der Waals surface area contributed by atoms with Gasteiger partial charge in [0.15, 0.2) is 16.4 Å². The van der Waals surface area contributed by atoms with E-state index in [0.717, 1.165) is 31.5 Å². The van der Waals surface area contributed by atoms with Crippen LogP contribution in [-0.2, 0) is 32.3 Å². The molecule has 1 aromatic carbocycles. The van der Waals surface area contributed by atoms with Crippen LogP contribution in [0.15, 0.2) is 23.0 Å². The van der Waals surface area contributed by atoms with Crippen molar-refractivity contribution in [2.24, 2.45) is 0 Å². The summed E-state index contributed by atoms with van der Waals surface area (Å²) in [5, 5.41) is 0.445. The van der Waals surface area contributed by atoms with Crippen LogP contribution >= 0.6 is 0 Å². The monoisotopic (exact) mass is 447 g/mol. The number of hydrogen-bond donors (Lipinski definition) is 0. The van der Waals surface area contributed by atoms with E-state index in [1.54, 1.807) is 10.6 Å². The topological polar surface area (TPSA) is 116 Å². The molecule has 1 fully saturated rings. The van der Waals surface area contributed by atoms with Crippen LogP contribution in [0.4, 0.5) is 0 Å². The Hall–Kier alpha value is -2.75. The van der Waals surface area contributed by atoms with Gasteiger partial charge in [-0.3, -0.25) is 14.2 Å². The summed E-state index contributed by atoms with van der Waals surface area (Å²) in [6.45, 7) is 0.170. The predicted molar refractivity (Wildman–Crippen MR) is 114 cm³/mol. The van der Waals surface area contributed by atoms with Gasteiger partial charge in [0, 0.05) is 26.1 Å². The molecule has 2 aliphatic rings. The second-order valence-corrected chi connectivity index (χ2v) is 10.4. The van der Waals surface area contributed by atoms with Gasteiger partial charge >= 0.3 is 5.97 Å². The molecule has 1 aromatic heterocycles. The zero-order valence-corrected chi connectivity index (χ0v) is 18.2. The molecule has 0 radical (unpaired) electrons. The van der Waals surface area contributed by atoms with Gasteiger partial charge in [-0.2, -0.15) is 0 Å². The van der Waals surface area contributed by atoms with Gasteiger partial charge in [-0.1, -0.05) is 6.42 Å². The number of benzene rings is 1. The second-order valence-electron chi connectivity index (χ2n) is 8.17. The first-order valence-corrected chi connectivity index (χ1v) is 12.2. The molecule has 31 heavy (non-hydrogen) atoms. The fourth-order valence-corrected chi connectivity index (χ4v) is 5.92. The Kier molecular flexibility index (Phi) is 5.83. The summed E-state index contributed by atoms with van der Waals surface area (Å²) < 4.78 is 30.1. The first-order valence-electron chi connectivity index (χ1n) is 10.4. The summed E-state index contributed by atoms with van der Waals surface area (Å²) in [4.78, 5) is 43.5. The molecule has 3 heterocycles. The maximum Gasteiger partial charge on any atom is 0.338 e. The van der Waals surface area contributed by atoms with Crippen LogP contribution in [0.1, 0.15) is 41.9 Å². The van der Waals surface area contributed by atoms with Crippen molar-refractivity contribution in [3.63, 3.8) is 0 Å². The molecule has 0 aliphatic carbocycles. The quantitative estimate of drug-likeness (QED) is 0.640. The summed E-state index contributed by atoms with van der Waals surface area (Å²) >= 11 is 0. The first-order chi connectivity index (χ1) is 14.7. The van der Waals surface area contributed by atoms with Crippen molar-refractivity contribution in [1.82, 2.24) is 14.5 Å². The molecule has 0 saturated carbocycles. The first kappa shape index (κ1) is 21.5. The molecule has 166 valence electrons. The lowest BCUT2D eigenvalue weighted by Crippen LogP contribution is -2.40. The lowest BCUT2D eigenvalue weighted by atomic mass is 10.1. The molecule has 10 heteroatoms. The number of likely N-dealkylation sites (N-methyl/N-ethyl adjacent to an activating group) is 1. The summed E-state index contributed by atoms with van der Waals surface area (Å²) in [5.41, 5.74) is 0.536. The molecule has 0 N–H and O–H groups in total. The van der Waals surface area contributed by atoms with Crippen molar-refractivity contribution in [2.45, 2.75) is 44.7 Å². The van der Waals surface area contributed by atoms with E-state index < -0.39 is 34.4 Å². The normalized spacial score (nSPS) is 20.1. The van der Waals surface area contributed by atoms with Crippen molar-refractivity contribution >= 4 is 32.6 Å². The molecule has 2 aromatic rings. The van der Waals surface area contributed by atoms with Crippen molar-refractivity contribution in [3.8, 4) is 0 Å². The Bertz CT molecular complexity index is 1200. The number of hydrogen-bond acceptors (Lipinski definition) is 7. The van der Waals surface area contributed by atoms with Crippen molar-refractivity contribution in [3.05, 3.63) is 39.9 Å². The molecule has 1 saturated heterocycles. The van der Waals surface area contributed by atoms with Crippen molar-refractivity contribution in [1.29, 1.82) is 0 Å². The average Bonchev–Trinajstić information content (AvgIpc) is 2.95. The van der Waals surface area contributed by atoms with Crippen LogP contribution < -0.4 is 5.56 Å². The summed E-state index contributed by atoms with van der Waals surface area (Å²) in [5.74, 6) is -0.441. The van der Waals surface area contributed by atoms with Crippen LogP contribution in [0.2, 0.25) is 0 Å². The van der Waals surface area contributed by atoms with Crippen LogP contribution in [-0.4, -0.2) is 65.9 Å². The Labute approximate surface area is 179 Å². The number of fused-ring (bicyclic) bond motifs is 2. The van der Waals surface area contributed by atoms with Gasteiger partial charge < -0.3 is 9.64 Å². The summed E-state index contributed by atoms with van der Waals surface area (Å²) in [6.07, 6.45) is 4.07. The maximum absolute atomic E-state index is 12.8. The van der Waals surface area contributed by atoms with Gasteiger partial charge in [0.05, 0.1) is 28.0 Å². The molecule has 4 rings (SSSR count). The molecule has 2 aliphatic heterocycles. The van der Waals surface area contributed by atoms with E-state index in [0.29, 0.717) is 23.9 Å². The van der Waals surface area contributed by atoms with Crippen LogP contribution in [0.3, 0.4) is 0 Å². The number of nitrogens with zero attached hydrogens (tertiary/aromatic N) is 3. The van der Waals surface area contributed by atoms with E-state index >= 15 is 0 Å². The van der Waals surface area contributed by atoms with E-state index in [2.05, 4.69) is 4.98 Å². The average molecular weight is 448 g/mol. The zero-order valence-electron chi connectivity index (χ0n) is 17.4. The van der Waals surface area contributed by atoms with Gasteiger partial charge in [-0.25, -0.2) is 18.2 Å². The summed E-state index contributed by atoms with van der Waals surface area (Å²) in [7, 11) is -1.60. The van der Waals surface area contributed by atoms with Crippen LogP contribution in [0.5, 0.6) is 0 Å². The summed E-state index contributed by atoms with van der Waals surface area (Å²) in [6, 6.07) is 4.18. The molecule has 0 unspecified atom stereocenters. The third-order valence-electron chi connectivity index (χ3n) is 6.03. The highest BCUT2D eigenvalue weighted by Crippen LogP contribution is 2.18. The molecule has 1 amide bonds. The fourth-order valence-electron chi connectivity index (χ4n) is 4.14. The fraction of sp³-hybridized carbons (Fsp3) is 0.524. The minimum absolute atomic E-state index is 0.0584. The number of carbonyl (C=O) groups is 2. The minimum Gasteiger partial charge on any atom is -0.452 e. The number of esters is 1. The van der Waals surface area contributed by atoms with E-state index in [4.69, 9.17) is 4.74 Å². The largest absolute Gasteiger partial charge is 0.452 e. The third kappa shape index (κ3) is 4.48. The number of rotatable bonds is 4. The minimum atomic E-state index is -3.12. The van der Waals surface area contributed by atoms with Crippen LogP contribution in [0, 0.1) is 0 Å². The third-order valence-corrected chi connectivity index (χ3v) is 7.78. The number of aryl methyl sites for hydroxylation is 1. The predicted octanol–water partition coefficient (Wildman–Crippen LogP) is 0.925. The van der Waals surface area contributed by atoms with Gasteiger partial charge in [-0.05, 0) is 37.5 Å². The van der Waals surface area contributed by atoms with E-state index in [9.17, 15) is 22.8 Å². The highest BCUT2D eigenvalue weighted by Gasteiger charge is 2.33. The van der Waals surface area contributed by atoms with Gasteiger partial charge in [0.25, 0.3) is 11.5 Å². The Morgan fingerprint density at radius 1 is 1.26 bits per heavy atom.